The summed E-state index contributed by atoms with van der Waals surface area (Å²) >= 11 is 1.29. The van der Waals surface area contributed by atoms with E-state index in [4.69, 9.17) is 14.6 Å². The zero-order valence-corrected chi connectivity index (χ0v) is 11.1. The molecular formula is C12H16O4S. The number of carboxylic acid groups (broad SMARTS) is 1. The third kappa shape index (κ3) is 3.30. The fourth-order valence-corrected chi connectivity index (χ4v) is 2.23. The van der Waals surface area contributed by atoms with Crippen LogP contribution in [0.3, 0.4) is 0 Å². The number of rotatable bonds is 5. The van der Waals surface area contributed by atoms with Crippen LogP contribution in [0.15, 0.2) is 17.0 Å². The Kier molecular flexibility index (Phi) is 4.69. The van der Waals surface area contributed by atoms with Crippen molar-refractivity contribution in [3.63, 3.8) is 0 Å². The van der Waals surface area contributed by atoms with E-state index in [9.17, 15) is 4.79 Å². The van der Waals surface area contributed by atoms with Crippen molar-refractivity contribution < 1.29 is 19.4 Å². The smallest absolute Gasteiger partial charge is 0.316 e. The van der Waals surface area contributed by atoms with Gasteiger partial charge in [-0.25, -0.2) is 0 Å². The van der Waals surface area contributed by atoms with Crippen LogP contribution < -0.4 is 9.47 Å². The Hall–Kier alpha value is -1.36. The Balaban J connectivity index is 3.04. The summed E-state index contributed by atoms with van der Waals surface area (Å²) in [5.74, 6) is 0.430. The summed E-state index contributed by atoms with van der Waals surface area (Å²) in [6, 6.07) is 3.65. The van der Waals surface area contributed by atoms with Gasteiger partial charge in [-0.15, -0.1) is 11.8 Å². The van der Waals surface area contributed by atoms with Crippen molar-refractivity contribution in [3.05, 3.63) is 17.7 Å². The lowest BCUT2D eigenvalue weighted by molar-refractivity contribution is -0.136. The van der Waals surface area contributed by atoms with Gasteiger partial charge in [-0.2, -0.15) is 0 Å². The molecule has 1 rings (SSSR count). The van der Waals surface area contributed by atoms with Crippen LogP contribution in [0, 0.1) is 6.92 Å². The van der Waals surface area contributed by atoms with Crippen molar-refractivity contribution in [1.29, 1.82) is 0 Å². The Morgan fingerprint density at radius 3 is 2.29 bits per heavy atom. The molecule has 0 aliphatic rings. The molecule has 0 saturated carbocycles. The summed E-state index contributed by atoms with van der Waals surface area (Å²) in [5, 5.41) is 8.39. The average molecular weight is 256 g/mol. The first-order chi connectivity index (χ1) is 7.99. The minimum Gasteiger partial charge on any atom is -0.493 e. The summed E-state index contributed by atoms with van der Waals surface area (Å²) in [7, 11) is 3.13. The van der Waals surface area contributed by atoms with Gasteiger partial charge in [0.05, 0.1) is 14.2 Å². The van der Waals surface area contributed by atoms with Gasteiger partial charge in [-0.1, -0.05) is 0 Å². The molecule has 0 spiro atoms. The molecule has 0 bridgehead atoms. The van der Waals surface area contributed by atoms with Gasteiger partial charge in [0, 0.05) is 4.90 Å². The molecule has 0 amide bonds. The molecule has 0 saturated heterocycles. The van der Waals surface area contributed by atoms with Crippen LogP contribution in [0.25, 0.3) is 0 Å². The van der Waals surface area contributed by atoms with E-state index in [-0.39, 0.29) is 0 Å². The van der Waals surface area contributed by atoms with Crippen LogP contribution in [0.2, 0.25) is 0 Å². The average Bonchev–Trinajstić information content (AvgIpc) is 2.30. The lowest BCUT2D eigenvalue weighted by atomic mass is 10.2. The number of carboxylic acids is 1. The molecule has 0 heterocycles. The molecule has 0 aromatic heterocycles. The Morgan fingerprint density at radius 2 is 1.82 bits per heavy atom. The first-order valence-corrected chi connectivity index (χ1v) is 5.99. The number of carbonyl (C=O) groups is 1. The maximum absolute atomic E-state index is 10.8. The first-order valence-electron chi connectivity index (χ1n) is 5.11. The number of benzene rings is 1. The van der Waals surface area contributed by atoms with E-state index in [1.807, 2.05) is 13.0 Å². The Bertz CT molecular complexity index is 417. The second-order valence-electron chi connectivity index (χ2n) is 3.57. The van der Waals surface area contributed by atoms with Crippen LogP contribution >= 0.6 is 11.8 Å². The van der Waals surface area contributed by atoms with Crippen LogP contribution in [0.1, 0.15) is 12.5 Å². The van der Waals surface area contributed by atoms with Crippen LogP contribution in [-0.4, -0.2) is 30.5 Å². The molecule has 0 aliphatic heterocycles. The van der Waals surface area contributed by atoms with Crippen molar-refractivity contribution in [1.82, 2.24) is 0 Å². The van der Waals surface area contributed by atoms with Gasteiger partial charge in [0.25, 0.3) is 0 Å². The van der Waals surface area contributed by atoms with Crippen LogP contribution in [0.4, 0.5) is 0 Å². The van der Waals surface area contributed by atoms with Crippen LogP contribution in [0.5, 0.6) is 11.5 Å². The monoisotopic (exact) mass is 256 g/mol. The molecule has 1 aromatic rings. The van der Waals surface area contributed by atoms with E-state index < -0.39 is 11.2 Å². The molecule has 1 atom stereocenters. The highest BCUT2D eigenvalue weighted by Crippen LogP contribution is 2.36. The van der Waals surface area contributed by atoms with Crippen molar-refractivity contribution in [2.45, 2.75) is 24.0 Å². The second-order valence-corrected chi connectivity index (χ2v) is 4.95. The van der Waals surface area contributed by atoms with E-state index in [1.165, 1.54) is 11.8 Å². The number of hydrogen-bond donors (Lipinski definition) is 1. The molecule has 4 nitrogen and oxygen atoms in total. The molecule has 17 heavy (non-hydrogen) atoms. The molecule has 1 N–H and O–H groups in total. The summed E-state index contributed by atoms with van der Waals surface area (Å²) in [6.45, 7) is 3.57. The van der Waals surface area contributed by atoms with E-state index in [0.717, 1.165) is 10.5 Å². The van der Waals surface area contributed by atoms with Crippen molar-refractivity contribution >= 4 is 17.7 Å². The molecular weight excluding hydrogens is 240 g/mol. The number of aryl methyl sites for hydroxylation is 1. The van der Waals surface area contributed by atoms with E-state index in [0.29, 0.717) is 11.5 Å². The minimum absolute atomic E-state index is 0.494. The fourth-order valence-electron chi connectivity index (χ4n) is 1.33. The summed E-state index contributed by atoms with van der Waals surface area (Å²) in [4.78, 5) is 11.7. The molecule has 0 radical (unpaired) electrons. The minimum atomic E-state index is -0.829. The summed E-state index contributed by atoms with van der Waals surface area (Å²) in [6.07, 6.45) is 0. The van der Waals surface area contributed by atoms with Crippen LogP contribution in [-0.2, 0) is 4.79 Å². The zero-order valence-electron chi connectivity index (χ0n) is 10.3. The number of thioether (sulfide) groups is 1. The second kappa shape index (κ2) is 5.82. The van der Waals surface area contributed by atoms with Gasteiger partial charge < -0.3 is 14.6 Å². The van der Waals surface area contributed by atoms with Crippen molar-refractivity contribution in [2.75, 3.05) is 14.2 Å². The maximum Gasteiger partial charge on any atom is 0.316 e. The highest BCUT2D eigenvalue weighted by Gasteiger charge is 2.16. The molecule has 1 aromatic carbocycles. The van der Waals surface area contributed by atoms with Crippen molar-refractivity contribution in [3.8, 4) is 11.5 Å². The first kappa shape index (κ1) is 13.7. The number of hydrogen-bond acceptors (Lipinski definition) is 4. The summed E-state index contributed by atoms with van der Waals surface area (Å²) < 4.78 is 10.4. The molecule has 1 unspecified atom stereocenters. The predicted octanol–water partition coefficient (Wildman–Crippen LogP) is 2.58. The fraction of sp³-hybridized carbons (Fsp3) is 0.417. The van der Waals surface area contributed by atoms with Gasteiger partial charge in [-0.3, -0.25) is 4.79 Å². The number of methoxy groups -OCH3 is 2. The van der Waals surface area contributed by atoms with E-state index >= 15 is 0 Å². The number of ether oxygens (including phenoxy) is 2. The SMILES string of the molecule is COc1cc(C)c(SC(C)C(=O)O)cc1OC. The Morgan fingerprint density at radius 1 is 1.29 bits per heavy atom. The highest BCUT2D eigenvalue weighted by atomic mass is 32.2. The highest BCUT2D eigenvalue weighted by molar-refractivity contribution is 8.00. The van der Waals surface area contributed by atoms with Crippen molar-refractivity contribution in [2.24, 2.45) is 0 Å². The lowest BCUT2D eigenvalue weighted by Gasteiger charge is -2.13. The molecule has 0 aliphatic carbocycles. The Labute approximate surface area is 105 Å². The van der Waals surface area contributed by atoms with Gasteiger partial charge in [-0.05, 0) is 31.5 Å². The third-order valence-corrected chi connectivity index (χ3v) is 3.58. The van der Waals surface area contributed by atoms with Gasteiger partial charge >= 0.3 is 5.97 Å². The maximum atomic E-state index is 10.8. The summed E-state index contributed by atoms with van der Waals surface area (Å²) in [5.41, 5.74) is 0.973. The predicted molar refractivity (Wildman–Crippen MR) is 67.2 cm³/mol. The molecule has 0 fully saturated rings. The van der Waals surface area contributed by atoms with Gasteiger partial charge in [0.15, 0.2) is 11.5 Å². The quantitative estimate of drug-likeness (QED) is 0.821. The normalized spacial score (nSPS) is 12.0. The number of aliphatic carboxylic acids is 1. The third-order valence-electron chi connectivity index (χ3n) is 2.33. The zero-order chi connectivity index (χ0) is 13.0. The van der Waals surface area contributed by atoms with Gasteiger partial charge in [0.1, 0.15) is 5.25 Å². The van der Waals surface area contributed by atoms with E-state index in [1.54, 1.807) is 27.2 Å². The van der Waals surface area contributed by atoms with E-state index in [2.05, 4.69) is 0 Å². The standard InChI is InChI=1S/C12H16O4S/c1-7-5-9(15-3)10(16-4)6-11(7)17-8(2)12(13)14/h5-6,8H,1-4H3,(H,13,14). The topological polar surface area (TPSA) is 55.8 Å². The lowest BCUT2D eigenvalue weighted by Crippen LogP contribution is -2.11. The molecule has 94 valence electrons. The van der Waals surface area contributed by atoms with Gasteiger partial charge in [0.2, 0.25) is 0 Å². The largest absolute Gasteiger partial charge is 0.493 e. The molecule has 5 heteroatoms.